The van der Waals surface area contributed by atoms with Crippen molar-refractivity contribution < 1.29 is 4.42 Å². The van der Waals surface area contributed by atoms with E-state index in [-0.39, 0.29) is 12.1 Å². The Morgan fingerprint density at radius 1 is 1.60 bits per heavy atom. The van der Waals surface area contributed by atoms with Gasteiger partial charge >= 0.3 is 0 Å². The number of likely N-dealkylation sites (tertiary alicyclic amines) is 1. The summed E-state index contributed by atoms with van der Waals surface area (Å²) >= 11 is 3.33. The highest BCUT2D eigenvalue weighted by Crippen LogP contribution is 2.31. The fourth-order valence-corrected chi connectivity index (χ4v) is 2.65. The van der Waals surface area contributed by atoms with Crippen LogP contribution in [0.15, 0.2) is 21.2 Å². The standard InChI is InChI=1S/C11H17BrN2O/c1-2-14-7-3-4-8(13)11(14)9-5-6-10(12)15-9/h5-6,8,11H,2-4,7,13H2,1H3. The second-order valence-corrected chi connectivity index (χ2v) is 4.80. The summed E-state index contributed by atoms with van der Waals surface area (Å²) < 4.78 is 6.40. The Balaban J connectivity index is 2.22. The zero-order valence-electron chi connectivity index (χ0n) is 8.95. The molecular formula is C11H17BrN2O. The van der Waals surface area contributed by atoms with E-state index in [1.54, 1.807) is 0 Å². The summed E-state index contributed by atoms with van der Waals surface area (Å²) in [6.45, 7) is 4.31. The van der Waals surface area contributed by atoms with Gasteiger partial charge in [0, 0.05) is 6.04 Å². The molecular weight excluding hydrogens is 256 g/mol. The molecule has 0 spiro atoms. The first-order chi connectivity index (χ1) is 7.22. The number of halogens is 1. The van der Waals surface area contributed by atoms with Gasteiger partial charge < -0.3 is 10.2 Å². The van der Waals surface area contributed by atoms with Crippen molar-refractivity contribution in [3.63, 3.8) is 0 Å². The molecule has 2 atom stereocenters. The lowest BCUT2D eigenvalue weighted by molar-refractivity contribution is 0.116. The topological polar surface area (TPSA) is 42.4 Å². The van der Waals surface area contributed by atoms with Crippen LogP contribution in [-0.4, -0.2) is 24.0 Å². The molecule has 15 heavy (non-hydrogen) atoms. The lowest BCUT2D eigenvalue weighted by atomic mass is 9.95. The van der Waals surface area contributed by atoms with E-state index in [2.05, 4.69) is 27.8 Å². The average molecular weight is 273 g/mol. The molecule has 1 aliphatic heterocycles. The maximum Gasteiger partial charge on any atom is 0.169 e. The first kappa shape index (κ1) is 11.2. The van der Waals surface area contributed by atoms with Crippen LogP contribution in [0.4, 0.5) is 0 Å². The van der Waals surface area contributed by atoms with Gasteiger partial charge in [-0.05, 0) is 54.0 Å². The minimum absolute atomic E-state index is 0.191. The third-order valence-corrected chi connectivity index (χ3v) is 3.50. The maximum absolute atomic E-state index is 6.17. The first-order valence-electron chi connectivity index (χ1n) is 5.47. The Morgan fingerprint density at radius 3 is 3.00 bits per heavy atom. The monoisotopic (exact) mass is 272 g/mol. The molecule has 2 rings (SSSR count). The lowest BCUT2D eigenvalue weighted by Crippen LogP contribution is -2.45. The van der Waals surface area contributed by atoms with Crippen molar-refractivity contribution >= 4 is 15.9 Å². The smallest absolute Gasteiger partial charge is 0.169 e. The molecule has 1 aromatic rings. The molecule has 0 amide bonds. The number of hydrogen-bond acceptors (Lipinski definition) is 3. The zero-order chi connectivity index (χ0) is 10.8. The highest BCUT2D eigenvalue weighted by atomic mass is 79.9. The van der Waals surface area contributed by atoms with Crippen LogP contribution in [0.1, 0.15) is 31.6 Å². The quantitative estimate of drug-likeness (QED) is 0.900. The van der Waals surface area contributed by atoms with Crippen molar-refractivity contribution in [2.75, 3.05) is 13.1 Å². The largest absolute Gasteiger partial charge is 0.453 e. The predicted octanol–water partition coefficient (Wildman–Crippen LogP) is 2.53. The van der Waals surface area contributed by atoms with Crippen molar-refractivity contribution in [2.24, 2.45) is 5.73 Å². The van der Waals surface area contributed by atoms with Crippen molar-refractivity contribution in [3.05, 3.63) is 22.6 Å². The summed E-state index contributed by atoms with van der Waals surface area (Å²) in [4.78, 5) is 2.39. The van der Waals surface area contributed by atoms with Gasteiger partial charge in [0.05, 0.1) is 6.04 Å². The number of likely N-dealkylation sites (N-methyl/N-ethyl adjacent to an activating group) is 1. The Morgan fingerprint density at radius 2 is 2.40 bits per heavy atom. The van der Waals surface area contributed by atoms with E-state index in [9.17, 15) is 0 Å². The molecule has 1 fully saturated rings. The fourth-order valence-electron chi connectivity index (χ4n) is 2.33. The van der Waals surface area contributed by atoms with E-state index >= 15 is 0 Å². The molecule has 0 aromatic carbocycles. The number of furan rings is 1. The third kappa shape index (κ3) is 2.27. The molecule has 0 aliphatic carbocycles. The highest BCUT2D eigenvalue weighted by molar-refractivity contribution is 9.10. The van der Waals surface area contributed by atoms with Crippen LogP contribution in [0, 0.1) is 0 Å². The zero-order valence-corrected chi connectivity index (χ0v) is 10.5. The molecule has 1 aliphatic rings. The van der Waals surface area contributed by atoms with Gasteiger partial charge in [0.2, 0.25) is 0 Å². The molecule has 2 unspecified atom stereocenters. The molecule has 3 nitrogen and oxygen atoms in total. The summed E-state index contributed by atoms with van der Waals surface area (Å²) in [7, 11) is 0. The number of nitrogens with two attached hydrogens (primary N) is 1. The minimum Gasteiger partial charge on any atom is -0.453 e. The van der Waals surface area contributed by atoms with Crippen LogP contribution in [0.25, 0.3) is 0 Å². The van der Waals surface area contributed by atoms with Crippen molar-refractivity contribution in [1.82, 2.24) is 4.90 Å². The van der Waals surface area contributed by atoms with Gasteiger partial charge in [0.25, 0.3) is 0 Å². The summed E-state index contributed by atoms with van der Waals surface area (Å²) in [5.41, 5.74) is 6.17. The van der Waals surface area contributed by atoms with Gasteiger partial charge in [-0.25, -0.2) is 0 Å². The molecule has 1 aromatic heterocycles. The van der Waals surface area contributed by atoms with E-state index < -0.39 is 0 Å². The van der Waals surface area contributed by atoms with Crippen LogP contribution >= 0.6 is 15.9 Å². The molecule has 84 valence electrons. The molecule has 4 heteroatoms. The van der Waals surface area contributed by atoms with Crippen LogP contribution in [0.2, 0.25) is 0 Å². The number of hydrogen-bond donors (Lipinski definition) is 1. The van der Waals surface area contributed by atoms with Crippen molar-refractivity contribution in [3.8, 4) is 0 Å². The molecule has 1 saturated heterocycles. The van der Waals surface area contributed by atoms with E-state index in [1.807, 2.05) is 12.1 Å². The van der Waals surface area contributed by atoms with Crippen LogP contribution < -0.4 is 5.73 Å². The number of piperidine rings is 1. The Kier molecular flexibility index (Phi) is 3.49. The van der Waals surface area contributed by atoms with E-state index in [0.717, 1.165) is 29.9 Å². The normalized spacial score (nSPS) is 28.2. The minimum atomic E-state index is 0.191. The number of nitrogens with zero attached hydrogens (tertiary/aromatic N) is 1. The van der Waals surface area contributed by atoms with Crippen LogP contribution in [-0.2, 0) is 0 Å². The molecule has 0 saturated carbocycles. The van der Waals surface area contributed by atoms with Gasteiger partial charge in [-0.2, -0.15) is 0 Å². The second-order valence-electron chi connectivity index (χ2n) is 4.02. The van der Waals surface area contributed by atoms with Gasteiger partial charge in [0.1, 0.15) is 5.76 Å². The fraction of sp³-hybridized carbons (Fsp3) is 0.636. The molecule has 0 bridgehead atoms. The van der Waals surface area contributed by atoms with E-state index in [0.29, 0.717) is 0 Å². The average Bonchev–Trinajstić information content (AvgIpc) is 2.64. The maximum atomic E-state index is 6.17. The predicted molar refractivity (Wildman–Crippen MR) is 63.6 cm³/mol. The Hall–Kier alpha value is -0.320. The summed E-state index contributed by atoms with van der Waals surface area (Å²) in [5.74, 6) is 0.982. The van der Waals surface area contributed by atoms with E-state index in [1.165, 1.54) is 6.42 Å². The first-order valence-corrected chi connectivity index (χ1v) is 6.26. The van der Waals surface area contributed by atoms with E-state index in [4.69, 9.17) is 10.2 Å². The molecule has 2 heterocycles. The van der Waals surface area contributed by atoms with Crippen LogP contribution in [0.5, 0.6) is 0 Å². The Labute approximate surface area is 98.7 Å². The Bertz CT molecular complexity index is 326. The second kappa shape index (κ2) is 4.68. The van der Waals surface area contributed by atoms with Crippen molar-refractivity contribution in [1.29, 1.82) is 0 Å². The SMILES string of the molecule is CCN1CCCC(N)C1c1ccc(Br)o1. The third-order valence-electron chi connectivity index (χ3n) is 3.07. The highest BCUT2D eigenvalue weighted by Gasteiger charge is 2.31. The van der Waals surface area contributed by atoms with Gasteiger partial charge in [-0.15, -0.1) is 0 Å². The molecule has 2 N–H and O–H groups in total. The van der Waals surface area contributed by atoms with Gasteiger partial charge in [-0.3, -0.25) is 4.90 Å². The van der Waals surface area contributed by atoms with Gasteiger partial charge in [-0.1, -0.05) is 6.92 Å². The van der Waals surface area contributed by atoms with Crippen LogP contribution in [0.3, 0.4) is 0 Å². The summed E-state index contributed by atoms with van der Waals surface area (Å²) in [6.07, 6.45) is 2.27. The van der Waals surface area contributed by atoms with Crippen molar-refractivity contribution in [2.45, 2.75) is 31.8 Å². The molecule has 0 radical (unpaired) electrons. The summed E-state index contributed by atoms with van der Waals surface area (Å²) in [6, 6.07) is 4.39. The lowest BCUT2D eigenvalue weighted by Gasteiger charge is -2.37. The number of rotatable bonds is 2. The summed E-state index contributed by atoms with van der Waals surface area (Å²) in [5, 5.41) is 0. The van der Waals surface area contributed by atoms with Gasteiger partial charge in [0.15, 0.2) is 4.67 Å².